The molecular formula is C12H8N2O4. The lowest BCUT2D eigenvalue weighted by Crippen LogP contribution is -2.21. The molecule has 0 radical (unpaired) electrons. The summed E-state index contributed by atoms with van der Waals surface area (Å²) >= 11 is 0. The molecule has 2 N–H and O–H groups in total. The number of hydrogen-bond donors (Lipinski definition) is 1. The number of carbonyl (C=O) groups excluding carboxylic acids is 1. The van der Waals surface area contributed by atoms with E-state index >= 15 is 0 Å². The Balaban J connectivity index is 2.18. The maximum atomic E-state index is 11.7. The molecule has 6 heteroatoms. The minimum Gasteiger partial charge on any atom is -0.468 e. The highest BCUT2D eigenvalue weighted by Gasteiger charge is 2.42. The van der Waals surface area contributed by atoms with Crippen LogP contribution >= 0.6 is 0 Å². The molecule has 3 rings (SSSR count). The normalized spacial score (nSPS) is 22.4. The van der Waals surface area contributed by atoms with Gasteiger partial charge >= 0.3 is 5.97 Å². The fraction of sp³-hybridized carbons (Fsp3) is 0.167. The Morgan fingerprint density at radius 2 is 2.33 bits per heavy atom. The van der Waals surface area contributed by atoms with Crippen LogP contribution in [0.1, 0.15) is 11.7 Å². The zero-order valence-electron chi connectivity index (χ0n) is 9.17. The van der Waals surface area contributed by atoms with Gasteiger partial charge in [0.25, 0.3) is 0 Å². The van der Waals surface area contributed by atoms with E-state index < -0.39 is 11.9 Å². The van der Waals surface area contributed by atoms with Crippen molar-refractivity contribution >= 4 is 5.97 Å². The number of nitrogens with zero attached hydrogens (tertiary/aromatic N) is 1. The van der Waals surface area contributed by atoms with Crippen molar-refractivity contribution in [3.8, 4) is 6.07 Å². The second kappa shape index (κ2) is 3.67. The van der Waals surface area contributed by atoms with E-state index in [1.54, 1.807) is 12.1 Å². The summed E-state index contributed by atoms with van der Waals surface area (Å²) < 4.78 is 15.4. The van der Waals surface area contributed by atoms with Crippen molar-refractivity contribution < 1.29 is 18.7 Å². The highest BCUT2D eigenvalue weighted by Crippen LogP contribution is 2.41. The molecule has 0 aliphatic carbocycles. The third-order valence-corrected chi connectivity index (χ3v) is 2.88. The summed E-state index contributed by atoms with van der Waals surface area (Å²) in [6.45, 7) is 0.0325. The standard InChI is InChI=1S/C12H8N2O4/c13-4-6-9(7-2-1-3-16-7)10-8(18-11(6)14)5-17-12(10)15/h1-3,9H,5,14H2/t9-/m1/s1. The number of esters is 1. The number of rotatable bonds is 1. The molecule has 90 valence electrons. The molecule has 3 heterocycles. The van der Waals surface area contributed by atoms with Gasteiger partial charge in [0.1, 0.15) is 24.0 Å². The average molecular weight is 244 g/mol. The second-order valence-electron chi connectivity index (χ2n) is 3.85. The summed E-state index contributed by atoms with van der Waals surface area (Å²) in [4.78, 5) is 11.7. The van der Waals surface area contributed by atoms with E-state index in [4.69, 9.17) is 24.9 Å². The zero-order valence-corrected chi connectivity index (χ0v) is 9.17. The summed E-state index contributed by atoms with van der Waals surface area (Å²) in [5.74, 6) is -0.367. The maximum absolute atomic E-state index is 11.7. The number of ether oxygens (including phenoxy) is 2. The highest BCUT2D eigenvalue weighted by atomic mass is 16.6. The van der Waals surface area contributed by atoms with Gasteiger partial charge in [-0.25, -0.2) is 4.79 Å². The molecule has 1 aromatic rings. The van der Waals surface area contributed by atoms with Crippen LogP contribution in [0.2, 0.25) is 0 Å². The highest BCUT2D eigenvalue weighted by molar-refractivity contribution is 5.94. The van der Waals surface area contributed by atoms with Gasteiger partial charge in [0, 0.05) is 0 Å². The van der Waals surface area contributed by atoms with Gasteiger partial charge in [-0.2, -0.15) is 5.26 Å². The van der Waals surface area contributed by atoms with E-state index in [1.165, 1.54) is 6.26 Å². The van der Waals surface area contributed by atoms with Crippen LogP contribution in [0.5, 0.6) is 0 Å². The van der Waals surface area contributed by atoms with E-state index in [0.29, 0.717) is 11.5 Å². The van der Waals surface area contributed by atoms with Crippen LogP contribution in [0.25, 0.3) is 0 Å². The predicted octanol–water partition coefficient (Wildman–Crippen LogP) is 0.898. The van der Waals surface area contributed by atoms with Gasteiger partial charge in [-0.3, -0.25) is 0 Å². The number of nitriles is 1. The molecule has 0 saturated heterocycles. The van der Waals surface area contributed by atoms with E-state index in [2.05, 4.69) is 0 Å². The second-order valence-corrected chi connectivity index (χ2v) is 3.85. The minimum atomic E-state index is -0.649. The van der Waals surface area contributed by atoms with E-state index in [9.17, 15) is 4.79 Å². The molecule has 0 saturated carbocycles. The van der Waals surface area contributed by atoms with Crippen LogP contribution in [0.15, 0.2) is 45.6 Å². The summed E-state index contributed by atoms with van der Waals surface area (Å²) in [5.41, 5.74) is 6.12. The van der Waals surface area contributed by atoms with Gasteiger partial charge < -0.3 is 19.6 Å². The molecule has 6 nitrogen and oxygen atoms in total. The van der Waals surface area contributed by atoms with Crippen molar-refractivity contribution in [3.63, 3.8) is 0 Å². The van der Waals surface area contributed by atoms with Crippen molar-refractivity contribution in [2.45, 2.75) is 5.92 Å². The molecule has 0 unspecified atom stereocenters. The molecule has 2 aliphatic rings. The number of allylic oxidation sites excluding steroid dienone is 1. The number of furan rings is 1. The van der Waals surface area contributed by atoms with Crippen LogP contribution < -0.4 is 5.73 Å². The third kappa shape index (κ3) is 1.31. The van der Waals surface area contributed by atoms with Gasteiger partial charge in [0.05, 0.1) is 17.8 Å². The smallest absolute Gasteiger partial charge is 0.339 e. The fourth-order valence-electron chi connectivity index (χ4n) is 2.10. The fourth-order valence-corrected chi connectivity index (χ4v) is 2.10. The monoisotopic (exact) mass is 244 g/mol. The molecule has 18 heavy (non-hydrogen) atoms. The largest absolute Gasteiger partial charge is 0.468 e. The lowest BCUT2D eigenvalue weighted by atomic mass is 9.87. The summed E-state index contributed by atoms with van der Waals surface area (Å²) in [6.07, 6.45) is 1.47. The number of hydrogen-bond acceptors (Lipinski definition) is 6. The Kier molecular flexibility index (Phi) is 2.13. The van der Waals surface area contributed by atoms with Crippen molar-refractivity contribution in [3.05, 3.63) is 46.9 Å². The number of carbonyl (C=O) groups is 1. The molecule has 0 amide bonds. The quantitative estimate of drug-likeness (QED) is 0.737. The Morgan fingerprint density at radius 1 is 1.50 bits per heavy atom. The van der Waals surface area contributed by atoms with Crippen LogP contribution in [0, 0.1) is 11.3 Å². The molecular weight excluding hydrogens is 236 g/mol. The summed E-state index contributed by atoms with van der Waals surface area (Å²) in [7, 11) is 0. The van der Waals surface area contributed by atoms with Gasteiger partial charge in [0.2, 0.25) is 5.88 Å². The van der Waals surface area contributed by atoms with Gasteiger partial charge in [-0.1, -0.05) is 0 Å². The Morgan fingerprint density at radius 3 is 3.00 bits per heavy atom. The molecule has 1 aromatic heterocycles. The van der Waals surface area contributed by atoms with Crippen molar-refractivity contribution in [1.29, 1.82) is 5.26 Å². The Hall–Kier alpha value is -2.68. The number of nitrogens with two attached hydrogens (primary N) is 1. The first kappa shape index (κ1) is 10.5. The Bertz CT molecular complexity index is 619. The third-order valence-electron chi connectivity index (χ3n) is 2.88. The SMILES string of the molecule is N#CC1=C(N)OC2=C(C(=O)OC2)[C@H]1c1ccco1. The van der Waals surface area contributed by atoms with Crippen LogP contribution in [0.3, 0.4) is 0 Å². The van der Waals surface area contributed by atoms with Gasteiger partial charge in [-0.05, 0) is 12.1 Å². The van der Waals surface area contributed by atoms with Crippen molar-refractivity contribution in [2.24, 2.45) is 5.73 Å². The molecule has 1 atom stereocenters. The van der Waals surface area contributed by atoms with Crippen molar-refractivity contribution in [2.75, 3.05) is 6.61 Å². The lowest BCUT2D eigenvalue weighted by Gasteiger charge is -2.21. The zero-order chi connectivity index (χ0) is 12.7. The van der Waals surface area contributed by atoms with Crippen LogP contribution in [-0.4, -0.2) is 12.6 Å². The molecule has 0 aromatic carbocycles. The van der Waals surface area contributed by atoms with Gasteiger partial charge in [-0.15, -0.1) is 0 Å². The Labute approximate surface area is 102 Å². The van der Waals surface area contributed by atoms with E-state index in [1.807, 2.05) is 6.07 Å². The van der Waals surface area contributed by atoms with Crippen LogP contribution in [0.4, 0.5) is 0 Å². The lowest BCUT2D eigenvalue weighted by molar-refractivity contribution is -0.136. The molecule has 0 spiro atoms. The summed E-state index contributed by atoms with van der Waals surface area (Å²) in [6, 6.07) is 5.31. The molecule has 2 aliphatic heterocycles. The first-order valence-corrected chi connectivity index (χ1v) is 5.23. The minimum absolute atomic E-state index is 0.0176. The van der Waals surface area contributed by atoms with E-state index in [0.717, 1.165) is 0 Å². The van der Waals surface area contributed by atoms with Crippen molar-refractivity contribution in [1.82, 2.24) is 0 Å². The van der Waals surface area contributed by atoms with E-state index in [-0.39, 0.29) is 23.6 Å². The number of cyclic esters (lactones) is 1. The maximum Gasteiger partial charge on any atom is 0.339 e. The average Bonchev–Trinajstić information content (AvgIpc) is 2.98. The molecule has 0 fully saturated rings. The molecule has 0 bridgehead atoms. The first-order chi connectivity index (χ1) is 8.72. The van der Waals surface area contributed by atoms with Gasteiger partial charge in [0.15, 0.2) is 5.76 Å². The topological polar surface area (TPSA) is 98.5 Å². The first-order valence-electron chi connectivity index (χ1n) is 5.23. The van der Waals surface area contributed by atoms with Crippen LogP contribution in [-0.2, 0) is 14.3 Å². The summed E-state index contributed by atoms with van der Waals surface area (Å²) in [5, 5.41) is 9.15. The predicted molar refractivity (Wildman–Crippen MR) is 57.3 cm³/mol.